The third-order valence-corrected chi connectivity index (χ3v) is 2.90. The molecule has 2 rings (SSSR count). The minimum absolute atomic E-state index is 0.0782. The van der Waals surface area contributed by atoms with E-state index >= 15 is 0 Å². The van der Waals surface area contributed by atoms with Gasteiger partial charge in [0.2, 0.25) is 0 Å². The first kappa shape index (κ1) is 15.1. The van der Waals surface area contributed by atoms with Gasteiger partial charge in [0.05, 0.1) is 12.7 Å². The Morgan fingerprint density at radius 2 is 2.10 bits per heavy atom. The molecule has 1 aromatic heterocycles. The van der Waals surface area contributed by atoms with Gasteiger partial charge in [0.25, 0.3) is 0 Å². The van der Waals surface area contributed by atoms with Crippen molar-refractivity contribution in [3.8, 4) is 11.1 Å². The van der Waals surface area contributed by atoms with E-state index in [-0.39, 0.29) is 5.54 Å². The highest BCUT2D eigenvalue weighted by atomic mass is 15.2. The Bertz CT molecular complexity index is 634. The van der Waals surface area contributed by atoms with Gasteiger partial charge in [-0.25, -0.2) is 4.99 Å². The number of nitrogens with one attached hydrogen (secondary N) is 1. The second-order valence-corrected chi connectivity index (χ2v) is 6.18. The van der Waals surface area contributed by atoms with Crippen LogP contribution in [0.2, 0.25) is 0 Å². The minimum atomic E-state index is -0.0782. The molecule has 0 unspecified atom stereocenters. The molecule has 0 spiro atoms. The molecule has 0 amide bonds. The molecule has 0 radical (unpaired) electrons. The van der Waals surface area contributed by atoms with Crippen molar-refractivity contribution < 1.29 is 0 Å². The highest BCUT2D eigenvalue weighted by Crippen LogP contribution is 2.19. The Kier molecular flexibility index (Phi) is 4.31. The maximum absolute atomic E-state index is 5.89. The molecule has 2 aromatic rings. The predicted octanol–water partition coefficient (Wildman–Crippen LogP) is 2.29. The highest BCUT2D eigenvalue weighted by molar-refractivity contribution is 5.78. The Morgan fingerprint density at radius 1 is 1.33 bits per heavy atom. The van der Waals surface area contributed by atoms with E-state index in [0.29, 0.717) is 12.5 Å². The largest absolute Gasteiger partial charge is 0.370 e. The number of hydrogen-bond donors (Lipinski definition) is 2. The lowest BCUT2D eigenvalue weighted by molar-refractivity contribution is 0.508. The molecule has 0 aliphatic rings. The quantitative estimate of drug-likeness (QED) is 0.671. The first-order valence-corrected chi connectivity index (χ1v) is 6.99. The van der Waals surface area contributed by atoms with E-state index in [1.807, 2.05) is 31.6 Å². The van der Waals surface area contributed by atoms with E-state index in [1.165, 1.54) is 0 Å². The van der Waals surface area contributed by atoms with Crippen molar-refractivity contribution in [2.24, 2.45) is 17.8 Å². The van der Waals surface area contributed by atoms with Crippen molar-refractivity contribution in [3.63, 3.8) is 0 Å². The number of aromatic nitrogens is 2. The molecule has 112 valence electrons. The van der Waals surface area contributed by atoms with E-state index in [0.717, 1.165) is 16.7 Å². The lowest BCUT2D eigenvalue weighted by Crippen LogP contribution is -2.44. The fraction of sp³-hybridized carbons (Fsp3) is 0.375. The lowest BCUT2D eigenvalue weighted by Gasteiger charge is -2.21. The molecule has 0 saturated carbocycles. The topological polar surface area (TPSA) is 68.2 Å². The molecule has 0 aliphatic heterocycles. The number of nitrogens with two attached hydrogens (primary N) is 1. The van der Waals surface area contributed by atoms with Gasteiger partial charge in [-0.05, 0) is 38.0 Å². The lowest BCUT2D eigenvalue weighted by atomic mass is 10.1. The van der Waals surface area contributed by atoms with Crippen LogP contribution in [0.1, 0.15) is 26.3 Å². The highest BCUT2D eigenvalue weighted by Gasteiger charge is 2.09. The smallest absolute Gasteiger partial charge is 0.189 e. The van der Waals surface area contributed by atoms with Crippen molar-refractivity contribution in [1.29, 1.82) is 0 Å². The third kappa shape index (κ3) is 4.63. The van der Waals surface area contributed by atoms with E-state index in [9.17, 15) is 0 Å². The van der Waals surface area contributed by atoms with Crippen LogP contribution < -0.4 is 11.1 Å². The van der Waals surface area contributed by atoms with E-state index < -0.39 is 0 Å². The van der Waals surface area contributed by atoms with Crippen molar-refractivity contribution in [2.75, 3.05) is 0 Å². The van der Waals surface area contributed by atoms with Gasteiger partial charge in [0.15, 0.2) is 5.96 Å². The van der Waals surface area contributed by atoms with Gasteiger partial charge < -0.3 is 11.1 Å². The molecule has 0 fully saturated rings. The van der Waals surface area contributed by atoms with Gasteiger partial charge in [0, 0.05) is 24.3 Å². The van der Waals surface area contributed by atoms with Crippen LogP contribution in [0, 0.1) is 0 Å². The summed E-state index contributed by atoms with van der Waals surface area (Å²) in [6, 6.07) is 8.26. The van der Waals surface area contributed by atoms with Gasteiger partial charge in [-0.2, -0.15) is 5.10 Å². The zero-order chi connectivity index (χ0) is 15.5. The van der Waals surface area contributed by atoms with Gasteiger partial charge in [-0.3, -0.25) is 4.68 Å². The van der Waals surface area contributed by atoms with Crippen molar-refractivity contribution in [2.45, 2.75) is 32.9 Å². The van der Waals surface area contributed by atoms with Gasteiger partial charge in [-0.1, -0.05) is 18.2 Å². The zero-order valence-corrected chi connectivity index (χ0v) is 13.1. The average Bonchev–Trinajstić information content (AvgIpc) is 2.82. The summed E-state index contributed by atoms with van der Waals surface area (Å²) in [5.74, 6) is 0.467. The second kappa shape index (κ2) is 5.99. The monoisotopic (exact) mass is 285 g/mol. The predicted molar refractivity (Wildman–Crippen MR) is 86.9 cm³/mol. The molecule has 1 aromatic carbocycles. The van der Waals surface area contributed by atoms with Crippen LogP contribution in [0.25, 0.3) is 11.1 Å². The number of aliphatic imine (C=N–C) groups is 1. The second-order valence-electron chi connectivity index (χ2n) is 6.18. The zero-order valence-electron chi connectivity index (χ0n) is 13.1. The summed E-state index contributed by atoms with van der Waals surface area (Å²) < 4.78 is 1.80. The van der Waals surface area contributed by atoms with E-state index in [4.69, 9.17) is 5.73 Å². The number of nitrogens with zero attached hydrogens (tertiary/aromatic N) is 3. The van der Waals surface area contributed by atoms with Gasteiger partial charge in [-0.15, -0.1) is 0 Å². The molecule has 5 heteroatoms. The number of aryl methyl sites for hydroxylation is 1. The molecule has 0 bridgehead atoms. The molecule has 0 saturated heterocycles. The first-order valence-electron chi connectivity index (χ1n) is 6.99. The molecule has 21 heavy (non-hydrogen) atoms. The minimum Gasteiger partial charge on any atom is -0.370 e. The number of rotatable bonds is 3. The van der Waals surface area contributed by atoms with Crippen molar-refractivity contribution >= 4 is 5.96 Å². The molecule has 5 nitrogen and oxygen atoms in total. The molecular weight excluding hydrogens is 262 g/mol. The standard InChI is InChI=1S/C16H23N5/c1-16(2,3)20-15(17)18-9-12-6-5-7-13(8-12)14-10-19-21(4)11-14/h5-8,10-11H,9H2,1-4H3,(H3,17,18,20). The van der Waals surface area contributed by atoms with Crippen LogP contribution in [0.4, 0.5) is 0 Å². The molecule has 0 aliphatic carbocycles. The fourth-order valence-electron chi connectivity index (χ4n) is 2.02. The van der Waals surface area contributed by atoms with Crippen molar-refractivity contribution in [3.05, 3.63) is 42.2 Å². The Labute approximate surface area is 125 Å². The number of guanidine groups is 1. The van der Waals surface area contributed by atoms with Gasteiger partial charge >= 0.3 is 0 Å². The van der Waals surface area contributed by atoms with Crippen LogP contribution in [0.3, 0.4) is 0 Å². The average molecular weight is 285 g/mol. The molecule has 0 atom stereocenters. The SMILES string of the molecule is Cn1cc(-c2cccc(CN=C(N)NC(C)(C)C)c2)cn1. The Balaban J connectivity index is 2.10. The summed E-state index contributed by atoms with van der Waals surface area (Å²) in [4.78, 5) is 4.38. The van der Waals surface area contributed by atoms with E-state index in [2.05, 4.69) is 48.3 Å². The fourth-order valence-corrected chi connectivity index (χ4v) is 2.02. The Morgan fingerprint density at radius 3 is 2.71 bits per heavy atom. The molecule has 1 heterocycles. The normalized spacial score (nSPS) is 12.5. The van der Waals surface area contributed by atoms with Crippen LogP contribution in [0.15, 0.2) is 41.7 Å². The summed E-state index contributed by atoms with van der Waals surface area (Å²) in [7, 11) is 1.91. The summed E-state index contributed by atoms with van der Waals surface area (Å²) in [5.41, 5.74) is 9.17. The summed E-state index contributed by atoms with van der Waals surface area (Å²) in [6.07, 6.45) is 3.86. The third-order valence-electron chi connectivity index (χ3n) is 2.90. The van der Waals surface area contributed by atoms with Crippen molar-refractivity contribution in [1.82, 2.24) is 15.1 Å². The van der Waals surface area contributed by atoms with Crippen LogP contribution >= 0.6 is 0 Å². The summed E-state index contributed by atoms with van der Waals surface area (Å²) in [6.45, 7) is 6.72. The van der Waals surface area contributed by atoms with E-state index in [1.54, 1.807) is 4.68 Å². The maximum atomic E-state index is 5.89. The van der Waals surface area contributed by atoms with Crippen LogP contribution in [-0.4, -0.2) is 21.3 Å². The summed E-state index contributed by atoms with van der Waals surface area (Å²) in [5, 5.41) is 7.35. The van der Waals surface area contributed by atoms with Crippen LogP contribution in [0.5, 0.6) is 0 Å². The number of hydrogen-bond acceptors (Lipinski definition) is 2. The van der Waals surface area contributed by atoms with Gasteiger partial charge in [0.1, 0.15) is 0 Å². The first-order chi connectivity index (χ1) is 9.83. The van der Waals surface area contributed by atoms with Crippen LogP contribution in [-0.2, 0) is 13.6 Å². The Hall–Kier alpha value is -2.30. The number of benzene rings is 1. The maximum Gasteiger partial charge on any atom is 0.189 e. The summed E-state index contributed by atoms with van der Waals surface area (Å²) >= 11 is 0. The molecule has 3 N–H and O–H groups in total. The molecular formula is C16H23N5.